The molecule has 1 fully saturated rings. The molecule has 0 saturated carbocycles. The second-order valence-corrected chi connectivity index (χ2v) is 4.60. The van der Waals surface area contributed by atoms with Gasteiger partial charge in [0.2, 0.25) is 5.91 Å². The summed E-state index contributed by atoms with van der Waals surface area (Å²) in [6.07, 6.45) is 0.754. The average molecular weight is 264 g/mol. The fraction of sp³-hybridized carbons (Fsp3) is 0.385. The zero-order chi connectivity index (χ0) is 13.1. The van der Waals surface area contributed by atoms with Crippen molar-refractivity contribution in [1.82, 2.24) is 5.32 Å². The van der Waals surface area contributed by atoms with Gasteiger partial charge in [0, 0.05) is 11.6 Å². The fourth-order valence-corrected chi connectivity index (χ4v) is 2.34. The monoisotopic (exact) mass is 263 g/mol. The molecule has 1 heterocycles. The first-order valence-corrected chi connectivity index (χ1v) is 6.29. The molecule has 1 aromatic carbocycles. The van der Waals surface area contributed by atoms with Crippen LogP contribution in [0.25, 0.3) is 0 Å². The van der Waals surface area contributed by atoms with Crippen molar-refractivity contribution in [3.05, 3.63) is 28.8 Å². The number of amides is 1. The summed E-state index contributed by atoms with van der Waals surface area (Å²) in [6.45, 7) is 3.34. The zero-order valence-corrected chi connectivity index (χ0v) is 10.9. The maximum absolute atomic E-state index is 12.2. The Morgan fingerprint density at radius 3 is 3.06 bits per heavy atom. The van der Waals surface area contributed by atoms with Crippen molar-refractivity contribution < 1.29 is 4.79 Å². The first kappa shape index (κ1) is 12.9. The number of carbonyl (C=O) groups excluding carboxylic acids is 1. The van der Waals surface area contributed by atoms with Crippen LogP contribution in [0, 0.1) is 11.3 Å². The Kier molecular flexibility index (Phi) is 3.85. The van der Waals surface area contributed by atoms with E-state index in [4.69, 9.17) is 16.9 Å². The first-order chi connectivity index (χ1) is 8.67. The minimum absolute atomic E-state index is 0.00983. The Morgan fingerprint density at radius 1 is 1.61 bits per heavy atom. The summed E-state index contributed by atoms with van der Waals surface area (Å²) >= 11 is 5.93. The summed E-state index contributed by atoms with van der Waals surface area (Å²) in [6, 6.07) is 6.92. The van der Waals surface area contributed by atoms with E-state index < -0.39 is 0 Å². The minimum atomic E-state index is -0.152. The number of hydrogen-bond donors (Lipinski definition) is 1. The maximum atomic E-state index is 12.2. The highest BCUT2D eigenvalue weighted by Crippen LogP contribution is 2.28. The third-order valence-corrected chi connectivity index (χ3v) is 3.26. The van der Waals surface area contributed by atoms with Crippen LogP contribution >= 0.6 is 11.6 Å². The van der Waals surface area contributed by atoms with E-state index in [1.54, 1.807) is 23.1 Å². The molecule has 1 N–H and O–H groups in total. The van der Waals surface area contributed by atoms with Crippen molar-refractivity contribution in [1.29, 1.82) is 5.26 Å². The Morgan fingerprint density at radius 2 is 2.39 bits per heavy atom. The molecular weight excluding hydrogens is 250 g/mol. The molecule has 0 bridgehead atoms. The van der Waals surface area contributed by atoms with E-state index in [1.165, 1.54) is 0 Å². The first-order valence-electron chi connectivity index (χ1n) is 5.91. The van der Waals surface area contributed by atoms with Gasteiger partial charge in [0.25, 0.3) is 0 Å². The highest BCUT2D eigenvalue weighted by atomic mass is 35.5. The van der Waals surface area contributed by atoms with Crippen molar-refractivity contribution >= 4 is 23.2 Å². The molecule has 0 aromatic heterocycles. The SMILES string of the molecule is CCNC1CCN(c2cc(Cl)ccc2C#N)C1=O. The molecule has 5 heteroatoms. The Hall–Kier alpha value is -1.57. The van der Waals surface area contributed by atoms with Gasteiger partial charge in [-0.3, -0.25) is 4.79 Å². The predicted octanol–water partition coefficient (Wildman–Crippen LogP) is 1.93. The zero-order valence-electron chi connectivity index (χ0n) is 10.1. The van der Waals surface area contributed by atoms with Crippen LogP contribution < -0.4 is 10.2 Å². The third kappa shape index (κ3) is 2.33. The Bertz CT molecular complexity index is 509. The molecule has 1 aliphatic rings. The lowest BCUT2D eigenvalue weighted by Crippen LogP contribution is -2.38. The molecule has 0 aliphatic carbocycles. The number of hydrogen-bond acceptors (Lipinski definition) is 3. The molecule has 4 nitrogen and oxygen atoms in total. The lowest BCUT2D eigenvalue weighted by Gasteiger charge is -2.18. The van der Waals surface area contributed by atoms with Gasteiger partial charge in [-0.2, -0.15) is 5.26 Å². The van der Waals surface area contributed by atoms with Gasteiger partial charge in [0.05, 0.1) is 17.3 Å². The van der Waals surface area contributed by atoms with Gasteiger partial charge in [-0.15, -0.1) is 0 Å². The van der Waals surface area contributed by atoms with Crippen molar-refractivity contribution in [2.45, 2.75) is 19.4 Å². The normalized spacial score (nSPS) is 19.1. The number of likely N-dealkylation sites (N-methyl/N-ethyl adjacent to an activating group) is 1. The van der Waals surface area contributed by atoms with Crippen LogP contribution in [0.5, 0.6) is 0 Å². The molecule has 2 rings (SSSR count). The molecule has 94 valence electrons. The van der Waals surface area contributed by atoms with Crippen LogP contribution in [0.3, 0.4) is 0 Å². The van der Waals surface area contributed by atoms with Crippen LogP contribution in [0.2, 0.25) is 5.02 Å². The molecule has 1 unspecified atom stereocenters. The summed E-state index contributed by atoms with van der Waals surface area (Å²) in [7, 11) is 0. The van der Waals surface area contributed by atoms with Crippen molar-refractivity contribution in [3.8, 4) is 6.07 Å². The van der Waals surface area contributed by atoms with Gasteiger partial charge in [0.1, 0.15) is 6.07 Å². The van der Waals surface area contributed by atoms with Gasteiger partial charge in [0.15, 0.2) is 0 Å². The van der Waals surface area contributed by atoms with Crippen LogP contribution in [0.1, 0.15) is 18.9 Å². The van der Waals surface area contributed by atoms with Crippen LogP contribution in [-0.4, -0.2) is 25.0 Å². The highest BCUT2D eigenvalue weighted by Gasteiger charge is 2.32. The third-order valence-electron chi connectivity index (χ3n) is 3.03. The molecule has 1 atom stereocenters. The lowest BCUT2D eigenvalue weighted by molar-refractivity contribution is -0.118. The van der Waals surface area contributed by atoms with Gasteiger partial charge in [-0.05, 0) is 31.2 Å². The largest absolute Gasteiger partial charge is 0.310 e. The number of anilines is 1. The number of halogens is 1. The Labute approximate surface area is 111 Å². The molecule has 1 amide bonds. The number of rotatable bonds is 3. The van der Waals surface area contributed by atoms with E-state index in [2.05, 4.69) is 11.4 Å². The van der Waals surface area contributed by atoms with E-state index in [-0.39, 0.29) is 11.9 Å². The van der Waals surface area contributed by atoms with Crippen LogP contribution in [0.15, 0.2) is 18.2 Å². The summed E-state index contributed by atoms with van der Waals surface area (Å²) < 4.78 is 0. The highest BCUT2D eigenvalue weighted by molar-refractivity contribution is 6.31. The van der Waals surface area contributed by atoms with E-state index in [1.807, 2.05) is 6.92 Å². The van der Waals surface area contributed by atoms with Gasteiger partial charge < -0.3 is 10.2 Å². The second-order valence-electron chi connectivity index (χ2n) is 4.16. The molecule has 1 aromatic rings. The fourth-order valence-electron chi connectivity index (χ4n) is 2.18. The smallest absolute Gasteiger partial charge is 0.244 e. The van der Waals surface area contributed by atoms with Gasteiger partial charge >= 0.3 is 0 Å². The number of nitrogens with one attached hydrogen (secondary N) is 1. The standard InChI is InChI=1S/C13H14ClN3O/c1-2-16-11-5-6-17(13(11)18)12-7-10(14)4-3-9(12)8-15/h3-4,7,11,16H,2,5-6H2,1H3. The molecule has 1 aliphatic heterocycles. The summed E-state index contributed by atoms with van der Waals surface area (Å²) in [4.78, 5) is 13.8. The average Bonchev–Trinajstić information content (AvgIpc) is 2.72. The summed E-state index contributed by atoms with van der Waals surface area (Å²) in [5.41, 5.74) is 1.08. The van der Waals surface area contributed by atoms with E-state index >= 15 is 0 Å². The van der Waals surface area contributed by atoms with Crippen LogP contribution in [0.4, 0.5) is 5.69 Å². The topological polar surface area (TPSA) is 56.1 Å². The second kappa shape index (κ2) is 5.38. The lowest BCUT2D eigenvalue weighted by atomic mass is 10.2. The van der Waals surface area contributed by atoms with E-state index in [0.717, 1.165) is 13.0 Å². The van der Waals surface area contributed by atoms with Crippen LogP contribution in [-0.2, 0) is 4.79 Å². The van der Waals surface area contributed by atoms with Crippen molar-refractivity contribution in [3.63, 3.8) is 0 Å². The molecule has 0 radical (unpaired) electrons. The minimum Gasteiger partial charge on any atom is -0.310 e. The molecule has 18 heavy (non-hydrogen) atoms. The predicted molar refractivity (Wildman–Crippen MR) is 70.6 cm³/mol. The number of benzene rings is 1. The van der Waals surface area contributed by atoms with Gasteiger partial charge in [-0.1, -0.05) is 18.5 Å². The number of nitriles is 1. The summed E-state index contributed by atoms with van der Waals surface area (Å²) in [5, 5.41) is 12.7. The summed E-state index contributed by atoms with van der Waals surface area (Å²) in [5.74, 6) is 0.00983. The van der Waals surface area contributed by atoms with E-state index in [0.29, 0.717) is 22.8 Å². The van der Waals surface area contributed by atoms with Crippen molar-refractivity contribution in [2.75, 3.05) is 18.0 Å². The molecule has 1 saturated heterocycles. The van der Waals surface area contributed by atoms with E-state index in [9.17, 15) is 4.79 Å². The number of carbonyl (C=O) groups is 1. The number of nitrogens with zero attached hydrogens (tertiary/aromatic N) is 2. The quantitative estimate of drug-likeness (QED) is 0.907. The van der Waals surface area contributed by atoms with Crippen molar-refractivity contribution in [2.24, 2.45) is 0 Å². The molecule has 0 spiro atoms. The maximum Gasteiger partial charge on any atom is 0.244 e. The van der Waals surface area contributed by atoms with Gasteiger partial charge in [-0.25, -0.2) is 0 Å². The molecular formula is C13H14ClN3O. The Balaban J connectivity index is 2.31.